The van der Waals surface area contributed by atoms with Crippen LogP contribution >= 0.6 is 11.6 Å². The van der Waals surface area contributed by atoms with Gasteiger partial charge in [0.05, 0.1) is 5.02 Å². The predicted molar refractivity (Wildman–Crippen MR) is 79.4 cm³/mol. The first kappa shape index (κ1) is 15.3. The number of pyridine rings is 1. The average molecular weight is 270 g/mol. The number of halogens is 1. The Bertz CT molecular complexity index is 355. The molecule has 0 aliphatic rings. The molecule has 0 bridgehead atoms. The molecule has 18 heavy (non-hydrogen) atoms. The van der Waals surface area contributed by atoms with Crippen molar-refractivity contribution >= 4 is 17.4 Å². The van der Waals surface area contributed by atoms with Gasteiger partial charge in [-0.1, -0.05) is 25.4 Å². The Morgan fingerprint density at radius 3 is 2.61 bits per heavy atom. The lowest BCUT2D eigenvalue weighted by molar-refractivity contribution is 0.673. The first-order chi connectivity index (χ1) is 8.72. The largest absolute Gasteiger partial charge is 0.356 e. The van der Waals surface area contributed by atoms with Crippen LogP contribution < -0.4 is 10.2 Å². The summed E-state index contributed by atoms with van der Waals surface area (Å²) in [4.78, 5) is 6.71. The third-order valence-electron chi connectivity index (χ3n) is 2.81. The molecule has 0 amide bonds. The minimum Gasteiger partial charge on any atom is -0.356 e. The standard InChI is InChI=1S/C14H24ClN3/c1-4-7-16-10-12-9-13(15)14(17-11-12)18(6-3)8-5-2/h9,11,16H,4-8,10H2,1-3H3. The lowest BCUT2D eigenvalue weighted by Gasteiger charge is -2.22. The van der Waals surface area contributed by atoms with Crippen molar-refractivity contribution < 1.29 is 0 Å². The average Bonchev–Trinajstić information content (AvgIpc) is 2.37. The van der Waals surface area contributed by atoms with E-state index in [0.29, 0.717) is 0 Å². The van der Waals surface area contributed by atoms with Gasteiger partial charge in [0, 0.05) is 25.8 Å². The number of hydrogen-bond donors (Lipinski definition) is 1. The summed E-state index contributed by atoms with van der Waals surface area (Å²) in [6, 6.07) is 2.02. The second-order valence-electron chi connectivity index (χ2n) is 4.41. The molecule has 1 aromatic rings. The molecule has 0 aliphatic carbocycles. The van der Waals surface area contributed by atoms with Gasteiger partial charge in [-0.05, 0) is 37.9 Å². The first-order valence-corrected chi connectivity index (χ1v) is 7.20. The molecule has 0 atom stereocenters. The minimum absolute atomic E-state index is 0.751. The zero-order valence-electron chi connectivity index (χ0n) is 11.7. The summed E-state index contributed by atoms with van der Waals surface area (Å²) in [5.41, 5.74) is 1.14. The summed E-state index contributed by atoms with van der Waals surface area (Å²) >= 11 is 6.32. The molecule has 0 radical (unpaired) electrons. The fourth-order valence-corrected chi connectivity index (χ4v) is 2.20. The van der Waals surface area contributed by atoms with E-state index < -0.39 is 0 Å². The Kier molecular flexibility index (Phi) is 7.06. The van der Waals surface area contributed by atoms with Crippen molar-refractivity contribution in [3.05, 3.63) is 22.8 Å². The zero-order chi connectivity index (χ0) is 13.4. The van der Waals surface area contributed by atoms with Crippen molar-refractivity contribution in [1.82, 2.24) is 10.3 Å². The summed E-state index contributed by atoms with van der Waals surface area (Å²) in [7, 11) is 0. The van der Waals surface area contributed by atoms with Gasteiger partial charge in [-0.2, -0.15) is 0 Å². The molecule has 0 saturated carbocycles. The van der Waals surface area contributed by atoms with Crippen LogP contribution in [0.4, 0.5) is 5.82 Å². The molecular formula is C14H24ClN3. The fraction of sp³-hybridized carbons (Fsp3) is 0.643. The first-order valence-electron chi connectivity index (χ1n) is 6.82. The van der Waals surface area contributed by atoms with Crippen molar-refractivity contribution in [3.8, 4) is 0 Å². The highest BCUT2D eigenvalue weighted by molar-refractivity contribution is 6.33. The van der Waals surface area contributed by atoms with E-state index in [-0.39, 0.29) is 0 Å². The van der Waals surface area contributed by atoms with Crippen molar-refractivity contribution in [2.75, 3.05) is 24.5 Å². The maximum absolute atomic E-state index is 6.32. The smallest absolute Gasteiger partial charge is 0.147 e. The molecule has 1 aromatic heterocycles. The van der Waals surface area contributed by atoms with E-state index in [1.807, 2.05) is 12.3 Å². The molecule has 0 aliphatic heterocycles. The van der Waals surface area contributed by atoms with Crippen LogP contribution in [0.2, 0.25) is 5.02 Å². The van der Waals surface area contributed by atoms with E-state index in [1.165, 1.54) is 0 Å². The molecule has 0 saturated heterocycles. The number of hydrogen-bond acceptors (Lipinski definition) is 3. The van der Waals surface area contributed by atoms with Gasteiger partial charge < -0.3 is 10.2 Å². The summed E-state index contributed by atoms with van der Waals surface area (Å²) in [6.45, 7) is 10.2. The van der Waals surface area contributed by atoms with Gasteiger partial charge in [-0.25, -0.2) is 4.98 Å². The van der Waals surface area contributed by atoms with E-state index in [9.17, 15) is 0 Å². The van der Waals surface area contributed by atoms with Crippen molar-refractivity contribution in [1.29, 1.82) is 0 Å². The van der Waals surface area contributed by atoms with Crippen molar-refractivity contribution in [2.24, 2.45) is 0 Å². The van der Waals surface area contributed by atoms with Crippen LogP contribution in [0.3, 0.4) is 0 Å². The molecule has 1 rings (SSSR count). The van der Waals surface area contributed by atoms with Gasteiger partial charge in [-0.15, -0.1) is 0 Å². The lowest BCUT2D eigenvalue weighted by Crippen LogP contribution is -2.25. The highest BCUT2D eigenvalue weighted by atomic mass is 35.5. The SMILES string of the molecule is CCCNCc1cnc(N(CC)CCC)c(Cl)c1. The Morgan fingerprint density at radius 1 is 1.28 bits per heavy atom. The Labute approximate surface area is 116 Å². The Morgan fingerprint density at radius 2 is 2.06 bits per heavy atom. The van der Waals surface area contributed by atoms with E-state index in [4.69, 9.17) is 11.6 Å². The monoisotopic (exact) mass is 269 g/mol. The van der Waals surface area contributed by atoms with Crippen molar-refractivity contribution in [3.63, 3.8) is 0 Å². The number of nitrogens with one attached hydrogen (secondary N) is 1. The van der Waals surface area contributed by atoms with Gasteiger partial charge in [0.2, 0.25) is 0 Å². The number of aromatic nitrogens is 1. The predicted octanol–water partition coefficient (Wildman–Crippen LogP) is 3.47. The highest BCUT2D eigenvalue weighted by Gasteiger charge is 2.10. The van der Waals surface area contributed by atoms with E-state index in [2.05, 4.69) is 36.0 Å². The number of rotatable bonds is 8. The topological polar surface area (TPSA) is 28.2 Å². The highest BCUT2D eigenvalue weighted by Crippen LogP contribution is 2.24. The van der Waals surface area contributed by atoms with Gasteiger partial charge in [0.15, 0.2) is 0 Å². The maximum Gasteiger partial charge on any atom is 0.147 e. The third kappa shape index (κ3) is 4.46. The van der Waals surface area contributed by atoms with Crippen molar-refractivity contribution in [2.45, 2.75) is 40.2 Å². The minimum atomic E-state index is 0.751. The third-order valence-corrected chi connectivity index (χ3v) is 3.09. The van der Waals surface area contributed by atoms with Crippen LogP contribution in [0.5, 0.6) is 0 Å². The van der Waals surface area contributed by atoms with Gasteiger partial charge in [-0.3, -0.25) is 0 Å². The molecule has 0 aromatic carbocycles. The van der Waals surface area contributed by atoms with Gasteiger partial charge in [0.25, 0.3) is 0 Å². The van der Waals surface area contributed by atoms with Crippen LogP contribution in [0.1, 0.15) is 39.2 Å². The Hall–Kier alpha value is -0.800. The molecule has 1 N–H and O–H groups in total. The molecule has 4 heteroatoms. The van der Waals surface area contributed by atoms with Gasteiger partial charge in [0.1, 0.15) is 5.82 Å². The normalized spacial score (nSPS) is 10.7. The van der Waals surface area contributed by atoms with Crippen LogP contribution in [-0.2, 0) is 6.54 Å². The quantitative estimate of drug-likeness (QED) is 0.733. The fourth-order valence-electron chi connectivity index (χ4n) is 1.89. The van der Waals surface area contributed by atoms with Crippen LogP contribution in [0.15, 0.2) is 12.3 Å². The molecule has 102 valence electrons. The summed E-state index contributed by atoms with van der Waals surface area (Å²) < 4.78 is 0. The second kappa shape index (κ2) is 8.33. The number of nitrogens with zero attached hydrogens (tertiary/aromatic N) is 2. The second-order valence-corrected chi connectivity index (χ2v) is 4.81. The molecular weight excluding hydrogens is 246 g/mol. The molecule has 0 fully saturated rings. The van der Waals surface area contributed by atoms with Gasteiger partial charge >= 0.3 is 0 Å². The summed E-state index contributed by atoms with van der Waals surface area (Å²) in [6.07, 6.45) is 4.16. The number of anilines is 1. The maximum atomic E-state index is 6.32. The van der Waals surface area contributed by atoms with E-state index in [0.717, 1.165) is 55.4 Å². The molecule has 3 nitrogen and oxygen atoms in total. The Balaban J connectivity index is 2.71. The molecule has 0 spiro atoms. The molecule has 0 unspecified atom stereocenters. The lowest BCUT2D eigenvalue weighted by atomic mass is 10.2. The summed E-state index contributed by atoms with van der Waals surface area (Å²) in [5, 5.41) is 4.11. The molecule has 1 heterocycles. The van der Waals surface area contributed by atoms with Crippen LogP contribution in [0, 0.1) is 0 Å². The summed E-state index contributed by atoms with van der Waals surface area (Å²) in [5.74, 6) is 0.903. The van der Waals surface area contributed by atoms with E-state index in [1.54, 1.807) is 0 Å². The van der Waals surface area contributed by atoms with Crippen LogP contribution in [-0.4, -0.2) is 24.6 Å². The van der Waals surface area contributed by atoms with Crippen LogP contribution in [0.25, 0.3) is 0 Å². The van der Waals surface area contributed by atoms with E-state index >= 15 is 0 Å². The zero-order valence-corrected chi connectivity index (χ0v) is 12.4.